The SMILES string of the molecule is Fc1ccc(NC(=S)N/N=C/c2cccc(OCc3ccc(Cl)cc3)c2)cc1. The smallest absolute Gasteiger partial charge is 0.191 e. The summed E-state index contributed by atoms with van der Waals surface area (Å²) in [4.78, 5) is 0. The van der Waals surface area contributed by atoms with Crippen LogP contribution in [0.2, 0.25) is 5.02 Å². The summed E-state index contributed by atoms with van der Waals surface area (Å²) in [6, 6.07) is 20.9. The van der Waals surface area contributed by atoms with Gasteiger partial charge in [-0.05, 0) is 71.9 Å². The number of ether oxygens (including phenoxy) is 1. The van der Waals surface area contributed by atoms with Gasteiger partial charge in [0.2, 0.25) is 0 Å². The van der Waals surface area contributed by atoms with Crippen molar-refractivity contribution < 1.29 is 9.13 Å². The van der Waals surface area contributed by atoms with Gasteiger partial charge in [-0.2, -0.15) is 5.10 Å². The van der Waals surface area contributed by atoms with Crippen LogP contribution in [-0.2, 0) is 6.61 Å². The molecule has 4 nitrogen and oxygen atoms in total. The molecule has 0 radical (unpaired) electrons. The van der Waals surface area contributed by atoms with Gasteiger partial charge in [0.25, 0.3) is 0 Å². The first kappa shape index (κ1) is 19.8. The van der Waals surface area contributed by atoms with Gasteiger partial charge in [-0.3, -0.25) is 5.43 Å². The first-order valence-electron chi connectivity index (χ1n) is 8.41. The van der Waals surface area contributed by atoms with Crippen molar-refractivity contribution in [2.75, 3.05) is 5.32 Å². The van der Waals surface area contributed by atoms with Crippen molar-refractivity contribution in [1.29, 1.82) is 0 Å². The number of benzene rings is 3. The first-order valence-corrected chi connectivity index (χ1v) is 9.20. The lowest BCUT2D eigenvalue weighted by Crippen LogP contribution is -2.23. The molecule has 0 unspecified atom stereocenters. The average Bonchev–Trinajstić information content (AvgIpc) is 2.70. The zero-order valence-electron chi connectivity index (χ0n) is 14.7. The molecule has 28 heavy (non-hydrogen) atoms. The topological polar surface area (TPSA) is 45.7 Å². The van der Waals surface area contributed by atoms with Crippen molar-refractivity contribution in [2.45, 2.75) is 6.61 Å². The molecule has 0 bridgehead atoms. The minimum Gasteiger partial charge on any atom is -0.489 e. The predicted octanol–water partition coefficient (Wildman–Crippen LogP) is 5.38. The zero-order valence-corrected chi connectivity index (χ0v) is 16.3. The Kier molecular flexibility index (Phi) is 6.94. The minimum atomic E-state index is -0.305. The molecule has 0 saturated heterocycles. The Hall–Kier alpha value is -2.96. The van der Waals surface area contributed by atoms with Crippen LogP contribution in [0, 0.1) is 5.82 Å². The monoisotopic (exact) mass is 413 g/mol. The van der Waals surface area contributed by atoms with Crippen molar-refractivity contribution in [1.82, 2.24) is 5.43 Å². The Labute approximate surface area is 173 Å². The molecular weight excluding hydrogens is 397 g/mol. The Morgan fingerprint density at radius 3 is 2.57 bits per heavy atom. The number of nitrogens with zero attached hydrogens (tertiary/aromatic N) is 1. The highest BCUT2D eigenvalue weighted by Gasteiger charge is 1.99. The molecule has 0 fully saturated rings. The van der Waals surface area contributed by atoms with Gasteiger partial charge in [0.1, 0.15) is 18.2 Å². The van der Waals surface area contributed by atoms with Gasteiger partial charge < -0.3 is 10.1 Å². The van der Waals surface area contributed by atoms with Crippen molar-refractivity contribution in [3.05, 3.63) is 94.8 Å². The lowest BCUT2D eigenvalue weighted by Gasteiger charge is -2.08. The lowest BCUT2D eigenvalue weighted by atomic mass is 10.2. The van der Waals surface area contributed by atoms with Crippen LogP contribution in [0.4, 0.5) is 10.1 Å². The van der Waals surface area contributed by atoms with Gasteiger partial charge in [0.15, 0.2) is 5.11 Å². The number of hydrazone groups is 1. The largest absolute Gasteiger partial charge is 0.489 e. The number of hydrogen-bond acceptors (Lipinski definition) is 3. The second-order valence-electron chi connectivity index (χ2n) is 5.82. The molecule has 0 spiro atoms. The van der Waals surface area contributed by atoms with Gasteiger partial charge in [-0.15, -0.1) is 0 Å². The van der Waals surface area contributed by atoms with E-state index in [-0.39, 0.29) is 5.82 Å². The van der Waals surface area contributed by atoms with Crippen molar-refractivity contribution in [3.8, 4) is 5.75 Å². The third-order valence-electron chi connectivity index (χ3n) is 3.66. The van der Waals surface area contributed by atoms with Crippen LogP contribution in [0.25, 0.3) is 0 Å². The molecule has 0 heterocycles. The van der Waals surface area contributed by atoms with E-state index in [9.17, 15) is 4.39 Å². The Balaban J connectivity index is 1.51. The quantitative estimate of drug-likeness (QED) is 0.323. The van der Waals surface area contributed by atoms with Crippen molar-refractivity contribution in [3.63, 3.8) is 0 Å². The van der Waals surface area contributed by atoms with E-state index >= 15 is 0 Å². The highest BCUT2D eigenvalue weighted by atomic mass is 35.5. The normalized spacial score (nSPS) is 10.6. The summed E-state index contributed by atoms with van der Waals surface area (Å²) in [5.74, 6) is 0.423. The molecule has 0 aliphatic heterocycles. The van der Waals surface area contributed by atoms with Crippen LogP contribution in [0.5, 0.6) is 5.75 Å². The summed E-state index contributed by atoms with van der Waals surface area (Å²) < 4.78 is 18.7. The number of anilines is 1. The summed E-state index contributed by atoms with van der Waals surface area (Å²) in [7, 11) is 0. The molecule has 0 aliphatic carbocycles. The Morgan fingerprint density at radius 1 is 1.07 bits per heavy atom. The maximum Gasteiger partial charge on any atom is 0.191 e. The zero-order chi connectivity index (χ0) is 19.8. The van der Waals surface area contributed by atoms with Crippen molar-refractivity contribution in [2.24, 2.45) is 5.10 Å². The van der Waals surface area contributed by atoms with Gasteiger partial charge in [-0.25, -0.2) is 4.39 Å². The number of rotatable bonds is 6. The van der Waals surface area contributed by atoms with Crippen LogP contribution in [-0.4, -0.2) is 11.3 Å². The van der Waals surface area contributed by atoms with Crippen LogP contribution in [0.3, 0.4) is 0 Å². The molecule has 3 rings (SSSR count). The minimum absolute atomic E-state index is 0.304. The fourth-order valence-electron chi connectivity index (χ4n) is 2.29. The van der Waals surface area contributed by atoms with Crippen LogP contribution < -0.4 is 15.5 Å². The third-order valence-corrected chi connectivity index (χ3v) is 4.10. The molecule has 0 amide bonds. The van der Waals surface area contributed by atoms with Gasteiger partial charge in [0, 0.05) is 10.7 Å². The van der Waals surface area contributed by atoms with E-state index in [0.29, 0.717) is 22.4 Å². The summed E-state index contributed by atoms with van der Waals surface area (Å²) in [5, 5.41) is 8.02. The number of nitrogens with one attached hydrogen (secondary N) is 2. The molecule has 0 saturated carbocycles. The molecule has 7 heteroatoms. The molecule has 2 N–H and O–H groups in total. The molecular formula is C21H17ClFN3OS. The van der Waals surface area contributed by atoms with Crippen LogP contribution >= 0.6 is 23.8 Å². The fraction of sp³-hybridized carbons (Fsp3) is 0.0476. The number of hydrogen-bond donors (Lipinski definition) is 2. The summed E-state index contributed by atoms with van der Waals surface area (Å²) in [6.45, 7) is 0.446. The fourth-order valence-corrected chi connectivity index (χ4v) is 2.59. The molecule has 0 aliphatic rings. The van der Waals surface area contributed by atoms with E-state index in [0.717, 1.165) is 16.9 Å². The van der Waals surface area contributed by atoms with Gasteiger partial charge in [-0.1, -0.05) is 35.9 Å². The van der Waals surface area contributed by atoms with Crippen molar-refractivity contribution >= 4 is 40.8 Å². The highest BCUT2D eigenvalue weighted by molar-refractivity contribution is 7.80. The Bertz CT molecular complexity index is 962. The summed E-state index contributed by atoms with van der Waals surface area (Å²) in [6.07, 6.45) is 1.63. The number of halogens is 2. The van der Waals surface area contributed by atoms with E-state index in [1.807, 2.05) is 48.5 Å². The maximum absolute atomic E-state index is 12.9. The van der Waals surface area contributed by atoms with Crippen LogP contribution in [0.1, 0.15) is 11.1 Å². The van der Waals surface area contributed by atoms with Crippen LogP contribution in [0.15, 0.2) is 77.9 Å². The molecule has 142 valence electrons. The van der Waals surface area contributed by atoms with Gasteiger partial charge in [0.05, 0.1) is 6.21 Å². The standard InChI is InChI=1S/C21H17ClFN3OS/c22-17-6-4-15(5-7-17)14-27-20-3-1-2-16(12-20)13-24-26-21(28)25-19-10-8-18(23)9-11-19/h1-13H,14H2,(H2,25,26,28)/b24-13+. The van der Waals surface area contributed by atoms with E-state index in [1.54, 1.807) is 18.3 Å². The highest BCUT2D eigenvalue weighted by Crippen LogP contribution is 2.16. The second-order valence-corrected chi connectivity index (χ2v) is 6.66. The lowest BCUT2D eigenvalue weighted by molar-refractivity contribution is 0.306. The van der Waals surface area contributed by atoms with E-state index in [4.69, 9.17) is 28.6 Å². The second kappa shape index (κ2) is 9.82. The van der Waals surface area contributed by atoms with E-state index in [2.05, 4.69) is 15.8 Å². The van der Waals surface area contributed by atoms with Gasteiger partial charge >= 0.3 is 0 Å². The molecule has 0 aromatic heterocycles. The summed E-state index contributed by atoms with van der Waals surface area (Å²) in [5.41, 5.74) is 5.27. The molecule has 3 aromatic carbocycles. The summed E-state index contributed by atoms with van der Waals surface area (Å²) >= 11 is 11.0. The third kappa shape index (κ3) is 6.33. The molecule has 3 aromatic rings. The Morgan fingerprint density at radius 2 is 1.82 bits per heavy atom. The molecule has 0 atom stereocenters. The van der Waals surface area contributed by atoms with E-state index in [1.165, 1.54) is 12.1 Å². The average molecular weight is 414 g/mol. The maximum atomic E-state index is 12.9. The first-order chi connectivity index (χ1) is 13.6. The van der Waals surface area contributed by atoms with E-state index < -0.39 is 0 Å². The predicted molar refractivity (Wildman–Crippen MR) is 116 cm³/mol. The number of thiocarbonyl (C=S) groups is 1.